The van der Waals surface area contributed by atoms with Gasteiger partial charge in [0.2, 0.25) is 0 Å². The number of aliphatic hydroxyl groups is 1. The minimum absolute atomic E-state index is 0.603. The van der Waals surface area contributed by atoms with E-state index in [-0.39, 0.29) is 0 Å². The summed E-state index contributed by atoms with van der Waals surface area (Å²) in [6.07, 6.45) is 1.10. The third-order valence-corrected chi connectivity index (χ3v) is 1.28. The van der Waals surface area contributed by atoms with E-state index in [4.69, 9.17) is 5.11 Å². The maximum atomic E-state index is 9.99. The predicted molar refractivity (Wildman–Crippen MR) is 44.0 cm³/mol. The molecule has 0 spiro atoms. The number of hydrogen-bond acceptors (Lipinski definition) is 3. The molecule has 0 radical (unpaired) electrons. The number of nitrogens with zero attached hydrogens (tertiary/aromatic N) is 1. The lowest BCUT2D eigenvalue weighted by atomic mass is 10.2. The summed E-state index contributed by atoms with van der Waals surface area (Å²) in [6.45, 7) is 0. The third-order valence-electron chi connectivity index (χ3n) is 1.28. The summed E-state index contributed by atoms with van der Waals surface area (Å²) >= 11 is 0. The molecule has 0 heterocycles. The number of hydrogen-bond donors (Lipinski definition) is 1. The molecule has 0 aliphatic rings. The van der Waals surface area contributed by atoms with Crippen LogP contribution in [0, 0.1) is 10.1 Å². The summed E-state index contributed by atoms with van der Waals surface area (Å²) in [7, 11) is 0. The van der Waals surface area contributed by atoms with Crippen LogP contribution in [0.1, 0.15) is 5.56 Å². The molecule has 62 valence electrons. The number of aliphatic hydroxyl groups excluding tert-OH is 1. The van der Waals surface area contributed by atoms with Gasteiger partial charge in [-0.05, 0) is 5.56 Å². The second-order valence-corrected chi connectivity index (χ2v) is 2.17. The van der Waals surface area contributed by atoms with Gasteiger partial charge in [0.05, 0.1) is 6.08 Å². The van der Waals surface area contributed by atoms with E-state index in [1.165, 1.54) is 0 Å². The zero-order valence-electron chi connectivity index (χ0n) is 6.18. The van der Waals surface area contributed by atoms with Crippen molar-refractivity contribution in [1.82, 2.24) is 0 Å². The van der Waals surface area contributed by atoms with E-state index >= 15 is 0 Å². The predicted octanol–water partition coefficient (Wildman–Crippen LogP) is 1.82. The lowest BCUT2D eigenvalue weighted by Crippen LogP contribution is -1.95. The third kappa shape index (κ3) is 2.09. The first kappa shape index (κ1) is 8.26. The van der Waals surface area contributed by atoms with E-state index in [9.17, 15) is 10.1 Å². The van der Waals surface area contributed by atoms with Crippen LogP contribution >= 0.6 is 0 Å². The van der Waals surface area contributed by atoms with Crippen LogP contribution in [0.4, 0.5) is 0 Å². The highest BCUT2D eigenvalue weighted by atomic mass is 16.7. The molecule has 0 bridgehead atoms. The van der Waals surface area contributed by atoms with Gasteiger partial charge in [-0.15, -0.1) is 0 Å². The van der Waals surface area contributed by atoms with Crippen molar-refractivity contribution in [1.29, 1.82) is 0 Å². The quantitative estimate of drug-likeness (QED) is 0.413. The van der Waals surface area contributed by atoms with Crippen molar-refractivity contribution in [3.05, 3.63) is 51.9 Å². The minimum Gasteiger partial charge on any atom is -0.456 e. The van der Waals surface area contributed by atoms with Gasteiger partial charge >= 0.3 is 5.88 Å². The van der Waals surface area contributed by atoms with Gasteiger partial charge in [0.25, 0.3) is 0 Å². The molecule has 0 saturated heterocycles. The molecule has 0 saturated carbocycles. The Hall–Kier alpha value is -1.84. The highest BCUT2D eigenvalue weighted by Crippen LogP contribution is 2.04. The van der Waals surface area contributed by atoms with Crippen molar-refractivity contribution in [3.8, 4) is 0 Å². The first-order valence-corrected chi connectivity index (χ1v) is 3.30. The summed E-state index contributed by atoms with van der Waals surface area (Å²) < 4.78 is 0. The largest absolute Gasteiger partial charge is 0.456 e. The molecule has 0 amide bonds. The molecule has 1 N–H and O–H groups in total. The topological polar surface area (TPSA) is 63.4 Å². The average Bonchev–Trinajstić information content (AvgIpc) is 2.06. The Morgan fingerprint density at radius 2 is 2.00 bits per heavy atom. The zero-order valence-corrected chi connectivity index (χ0v) is 6.18. The Labute approximate surface area is 68.9 Å². The second kappa shape index (κ2) is 3.52. The van der Waals surface area contributed by atoms with Crippen LogP contribution in [0.3, 0.4) is 0 Å². The van der Waals surface area contributed by atoms with Crippen LogP contribution in [0.2, 0.25) is 0 Å². The Kier molecular flexibility index (Phi) is 2.42. The van der Waals surface area contributed by atoms with Crippen molar-refractivity contribution < 1.29 is 10.0 Å². The van der Waals surface area contributed by atoms with Gasteiger partial charge in [0.1, 0.15) is 4.92 Å². The maximum Gasteiger partial charge on any atom is 0.426 e. The lowest BCUT2D eigenvalue weighted by Gasteiger charge is -1.89. The van der Waals surface area contributed by atoms with Gasteiger partial charge in [-0.1, -0.05) is 30.3 Å². The number of benzene rings is 1. The smallest absolute Gasteiger partial charge is 0.426 e. The Morgan fingerprint density at radius 3 is 2.50 bits per heavy atom. The molecule has 12 heavy (non-hydrogen) atoms. The van der Waals surface area contributed by atoms with Crippen LogP contribution < -0.4 is 0 Å². The summed E-state index contributed by atoms with van der Waals surface area (Å²) in [4.78, 5) is 9.15. The molecular weight excluding hydrogens is 158 g/mol. The maximum absolute atomic E-state index is 9.99. The first-order valence-electron chi connectivity index (χ1n) is 3.30. The molecule has 1 aromatic carbocycles. The van der Waals surface area contributed by atoms with Gasteiger partial charge in [-0.25, -0.2) is 0 Å². The van der Waals surface area contributed by atoms with Crippen molar-refractivity contribution in [3.63, 3.8) is 0 Å². The van der Waals surface area contributed by atoms with Crippen LogP contribution in [0.25, 0.3) is 6.08 Å². The molecule has 1 aromatic rings. The highest BCUT2D eigenvalue weighted by molar-refractivity contribution is 5.48. The number of nitro groups is 1. The molecule has 0 fully saturated rings. The van der Waals surface area contributed by atoms with E-state index < -0.39 is 10.8 Å². The van der Waals surface area contributed by atoms with Crippen LogP contribution in [-0.4, -0.2) is 10.0 Å². The van der Waals surface area contributed by atoms with Gasteiger partial charge in [-0.2, -0.15) is 0 Å². The van der Waals surface area contributed by atoms with Gasteiger partial charge in [-0.3, -0.25) is 10.1 Å². The van der Waals surface area contributed by atoms with Gasteiger partial charge in [0.15, 0.2) is 0 Å². The van der Waals surface area contributed by atoms with Crippen molar-refractivity contribution in [2.45, 2.75) is 0 Å². The summed E-state index contributed by atoms with van der Waals surface area (Å²) in [5.41, 5.74) is 0.603. The van der Waals surface area contributed by atoms with Crippen LogP contribution in [0.5, 0.6) is 0 Å². The normalized spacial score (nSPS) is 11.2. The van der Waals surface area contributed by atoms with E-state index in [0.29, 0.717) is 5.56 Å². The monoisotopic (exact) mass is 165 g/mol. The summed E-state index contributed by atoms with van der Waals surface area (Å²) in [5, 5.41) is 18.7. The SMILES string of the molecule is O=[N+]([O-])/C(O)=C/c1ccccc1. The Morgan fingerprint density at radius 1 is 1.42 bits per heavy atom. The van der Waals surface area contributed by atoms with Crippen LogP contribution in [0.15, 0.2) is 36.2 Å². The molecule has 4 heteroatoms. The van der Waals surface area contributed by atoms with E-state index in [0.717, 1.165) is 6.08 Å². The summed E-state index contributed by atoms with van der Waals surface area (Å²) in [6, 6.07) is 8.60. The lowest BCUT2D eigenvalue weighted by molar-refractivity contribution is -0.456. The van der Waals surface area contributed by atoms with Gasteiger partial charge < -0.3 is 5.11 Å². The Balaban J connectivity index is 2.89. The molecule has 0 aromatic heterocycles. The molecule has 4 nitrogen and oxygen atoms in total. The minimum atomic E-state index is -0.846. The molecule has 0 unspecified atom stereocenters. The van der Waals surface area contributed by atoms with Crippen molar-refractivity contribution in [2.24, 2.45) is 0 Å². The number of rotatable bonds is 2. The van der Waals surface area contributed by atoms with E-state index in [1.54, 1.807) is 30.3 Å². The molecule has 0 aliphatic heterocycles. The fourth-order valence-corrected chi connectivity index (χ4v) is 0.751. The molecule has 0 aliphatic carbocycles. The summed E-state index contributed by atoms with van der Waals surface area (Å²) in [5.74, 6) is -0.846. The Bertz CT molecular complexity index is 305. The fourth-order valence-electron chi connectivity index (χ4n) is 0.751. The molecule has 0 atom stereocenters. The van der Waals surface area contributed by atoms with Crippen molar-refractivity contribution in [2.75, 3.05) is 0 Å². The van der Waals surface area contributed by atoms with Crippen LogP contribution in [-0.2, 0) is 0 Å². The van der Waals surface area contributed by atoms with E-state index in [1.807, 2.05) is 0 Å². The fraction of sp³-hybridized carbons (Fsp3) is 0. The van der Waals surface area contributed by atoms with Gasteiger partial charge in [0, 0.05) is 0 Å². The highest BCUT2D eigenvalue weighted by Gasteiger charge is 2.04. The second-order valence-electron chi connectivity index (χ2n) is 2.17. The van der Waals surface area contributed by atoms with E-state index in [2.05, 4.69) is 0 Å². The zero-order chi connectivity index (χ0) is 8.97. The van der Waals surface area contributed by atoms with Crippen molar-refractivity contribution >= 4 is 6.08 Å². The average molecular weight is 165 g/mol. The molecular formula is C8H7NO3. The standard InChI is InChI=1S/C8H7NO3/c10-8(9(11)12)6-7-4-2-1-3-5-7/h1-6,10H/b8-6-. The first-order chi connectivity index (χ1) is 5.70. The molecule has 1 rings (SSSR count).